The molecule has 0 saturated heterocycles. The van der Waals surface area contributed by atoms with Crippen LogP contribution in [0.25, 0.3) is 0 Å². The number of ether oxygens (including phenoxy) is 2. The average molecular weight is 289 g/mol. The van der Waals surface area contributed by atoms with Crippen molar-refractivity contribution in [1.82, 2.24) is 0 Å². The molecule has 0 atom stereocenters. The number of alkyl halides is 3. The summed E-state index contributed by atoms with van der Waals surface area (Å²) in [4.78, 5) is 0. The molecule has 1 aliphatic rings. The fourth-order valence-electron chi connectivity index (χ4n) is 2.73. The van der Waals surface area contributed by atoms with Crippen molar-refractivity contribution >= 4 is 0 Å². The summed E-state index contributed by atoms with van der Waals surface area (Å²) in [6.07, 6.45) is -2.00. The van der Waals surface area contributed by atoms with E-state index in [4.69, 9.17) is 15.2 Å². The zero-order chi connectivity index (χ0) is 15.0. The second kappa shape index (κ2) is 5.16. The number of nitrogens with two attached hydrogens (primary N) is 1. The molecule has 0 bridgehead atoms. The van der Waals surface area contributed by atoms with Gasteiger partial charge in [0.25, 0.3) is 0 Å². The number of methoxy groups -OCH3 is 2. The highest BCUT2D eigenvalue weighted by atomic mass is 19.4. The molecule has 2 rings (SSSR count). The van der Waals surface area contributed by atoms with E-state index >= 15 is 0 Å². The fraction of sp³-hybridized carbons (Fsp3) is 0.571. The summed E-state index contributed by atoms with van der Waals surface area (Å²) in [6.45, 7) is 0.299. The summed E-state index contributed by atoms with van der Waals surface area (Å²) in [6, 6.07) is 2.57. The highest BCUT2D eigenvalue weighted by molar-refractivity contribution is 5.53. The molecule has 0 aliphatic heterocycles. The van der Waals surface area contributed by atoms with E-state index in [0.717, 1.165) is 25.3 Å². The quantitative estimate of drug-likeness (QED) is 0.926. The smallest absolute Gasteiger partial charge is 0.420 e. The molecule has 1 fully saturated rings. The molecule has 0 spiro atoms. The van der Waals surface area contributed by atoms with Crippen LogP contribution in [-0.4, -0.2) is 20.8 Å². The van der Waals surface area contributed by atoms with Crippen molar-refractivity contribution in [2.45, 2.75) is 30.9 Å². The third kappa shape index (κ3) is 2.32. The van der Waals surface area contributed by atoms with Gasteiger partial charge in [-0.3, -0.25) is 0 Å². The molecule has 0 unspecified atom stereocenters. The molecular formula is C14H18F3NO2. The first-order valence-corrected chi connectivity index (χ1v) is 6.42. The zero-order valence-electron chi connectivity index (χ0n) is 11.5. The number of halogens is 3. The molecule has 1 aromatic rings. The predicted molar refractivity (Wildman–Crippen MR) is 69.1 cm³/mol. The van der Waals surface area contributed by atoms with Crippen LogP contribution in [0.15, 0.2) is 12.1 Å². The first kappa shape index (κ1) is 15.0. The van der Waals surface area contributed by atoms with E-state index < -0.39 is 17.2 Å². The topological polar surface area (TPSA) is 44.5 Å². The van der Waals surface area contributed by atoms with Crippen molar-refractivity contribution < 1.29 is 22.6 Å². The van der Waals surface area contributed by atoms with Crippen LogP contribution in [0.5, 0.6) is 11.5 Å². The van der Waals surface area contributed by atoms with Gasteiger partial charge in [-0.05, 0) is 25.0 Å². The number of hydrogen-bond acceptors (Lipinski definition) is 3. The van der Waals surface area contributed by atoms with Gasteiger partial charge in [-0.15, -0.1) is 0 Å². The number of benzene rings is 1. The highest BCUT2D eigenvalue weighted by Crippen LogP contribution is 2.51. The van der Waals surface area contributed by atoms with Gasteiger partial charge >= 0.3 is 6.18 Å². The van der Waals surface area contributed by atoms with E-state index in [1.807, 2.05) is 0 Å². The minimum atomic E-state index is -4.49. The minimum Gasteiger partial charge on any atom is -0.497 e. The summed E-state index contributed by atoms with van der Waals surface area (Å²) < 4.78 is 49.6. The minimum absolute atomic E-state index is 0.136. The molecule has 0 heterocycles. The molecule has 0 amide bonds. The van der Waals surface area contributed by atoms with Crippen LogP contribution in [0, 0.1) is 0 Å². The lowest BCUT2D eigenvalue weighted by Crippen LogP contribution is -2.42. The Labute approximate surface area is 115 Å². The van der Waals surface area contributed by atoms with Crippen LogP contribution in [0.1, 0.15) is 30.4 Å². The summed E-state index contributed by atoms with van der Waals surface area (Å²) in [5.74, 6) is 0.0382. The van der Waals surface area contributed by atoms with Crippen molar-refractivity contribution in [3.8, 4) is 11.5 Å². The Morgan fingerprint density at radius 3 is 2.20 bits per heavy atom. The van der Waals surface area contributed by atoms with Crippen molar-refractivity contribution in [3.63, 3.8) is 0 Å². The van der Waals surface area contributed by atoms with Crippen LogP contribution in [0.4, 0.5) is 13.2 Å². The molecule has 112 valence electrons. The monoisotopic (exact) mass is 289 g/mol. The van der Waals surface area contributed by atoms with Crippen molar-refractivity contribution in [3.05, 3.63) is 23.3 Å². The molecule has 20 heavy (non-hydrogen) atoms. The maximum atomic E-state index is 13.2. The highest BCUT2D eigenvalue weighted by Gasteiger charge is 2.44. The molecular weight excluding hydrogens is 271 g/mol. The molecule has 1 aliphatic carbocycles. The maximum absolute atomic E-state index is 13.2. The normalized spacial score (nSPS) is 17.5. The van der Waals surface area contributed by atoms with Crippen LogP contribution in [-0.2, 0) is 11.6 Å². The lowest BCUT2D eigenvalue weighted by molar-refractivity contribution is -0.139. The lowest BCUT2D eigenvalue weighted by Gasteiger charge is -2.42. The molecule has 6 heteroatoms. The Bertz CT molecular complexity index is 490. The van der Waals surface area contributed by atoms with Crippen LogP contribution < -0.4 is 15.2 Å². The first-order valence-electron chi connectivity index (χ1n) is 6.42. The Morgan fingerprint density at radius 2 is 1.85 bits per heavy atom. The van der Waals surface area contributed by atoms with E-state index in [1.54, 1.807) is 6.07 Å². The number of hydrogen-bond donors (Lipinski definition) is 1. The van der Waals surface area contributed by atoms with E-state index in [1.165, 1.54) is 14.2 Å². The van der Waals surface area contributed by atoms with E-state index in [9.17, 15) is 13.2 Å². The lowest BCUT2D eigenvalue weighted by atomic mass is 9.64. The van der Waals surface area contributed by atoms with Crippen LogP contribution in [0.3, 0.4) is 0 Å². The molecule has 0 radical (unpaired) electrons. The summed E-state index contributed by atoms with van der Waals surface area (Å²) in [5.41, 5.74) is 5.06. The molecule has 1 aromatic carbocycles. The maximum Gasteiger partial charge on any atom is 0.420 e. The van der Waals surface area contributed by atoms with Crippen molar-refractivity contribution in [1.29, 1.82) is 0 Å². The van der Waals surface area contributed by atoms with Crippen LogP contribution in [0.2, 0.25) is 0 Å². The molecule has 2 N–H and O–H groups in total. The van der Waals surface area contributed by atoms with E-state index in [2.05, 4.69) is 0 Å². The van der Waals surface area contributed by atoms with Gasteiger partial charge in [0.15, 0.2) is 0 Å². The van der Waals surface area contributed by atoms with Gasteiger partial charge in [0.05, 0.1) is 14.2 Å². The predicted octanol–water partition coefficient (Wildman–Crippen LogP) is 3.10. The second-order valence-corrected chi connectivity index (χ2v) is 5.09. The summed E-state index contributed by atoms with van der Waals surface area (Å²) in [7, 11) is 2.60. The third-order valence-corrected chi connectivity index (χ3v) is 4.08. The SMILES string of the molecule is COc1cc(C(F)(F)F)c(OC)c(C2(CN)CCC2)c1. The van der Waals surface area contributed by atoms with E-state index in [0.29, 0.717) is 12.1 Å². The Hall–Kier alpha value is -1.43. The van der Waals surface area contributed by atoms with Crippen molar-refractivity contribution in [2.24, 2.45) is 5.73 Å². The van der Waals surface area contributed by atoms with Gasteiger partial charge in [-0.1, -0.05) is 6.42 Å². The summed E-state index contributed by atoms with van der Waals surface area (Å²) >= 11 is 0. The average Bonchev–Trinajstić information content (AvgIpc) is 2.36. The largest absolute Gasteiger partial charge is 0.497 e. The van der Waals surface area contributed by atoms with E-state index in [-0.39, 0.29) is 11.5 Å². The fourth-order valence-corrected chi connectivity index (χ4v) is 2.73. The van der Waals surface area contributed by atoms with Crippen molar-refractivity contribution in [2.75, 3.05) is 20.8 Å². The third-order valence-electron chi connectivity index (χ3n) is 4.08. The van der Waals surface area contributed by atoms with Gasteiger partial charge in [0.1, 0.15) is 17.1 Å². The van der Waals surface area contributed by atoms with Crippen LogP contribution >= 0.6 is 0 Å². The molecule has 1 saturated carbocycles. The van der Waals surface area contributed by atoms with Gasteiger partial charge in [-0.2, -0.15) is 13.2 Å². The molecule has 3 nitrogen and oxygen atoms in total. The summed E-state index contributed by atoms with van der Waals surface area (Å²) in [5, 5.41) is 0. The second-order valence-electron chi connectivity index (χ2n) is 5.09. The number of rotatable bonds is 4. The standard InChI is InChI=1S/C14H18F3NO2/c1-19-9-6-10(13(8-18)4-3-5-13)12(20-2)11(7-9)14(15,16)17/h6-7H,3-5,8,18H2,1-2H3. The Morgan fingerprint density at radius 1 is 1.20 bits per heavy atom. The first-order chi connectivity index (χ1) is 9.38. The van der Waals surface area contributed by atoms with Gasteiger partial charge in [-0.25, -0.2) is 0 Å². The van der Waals surface area contributed by atoms with Gasteiger partial charge in [0, 0.05) is 17.5 Å². The van der Waals surface area contributed by atoms with Gasteiger partial charge < -0.3 is 15.2 Å². The Balaban J connectivity index is 2.66. The zero-order valence-corrected chi connectivity index (χ0v) is 11.5. The Kier molecular flexibility index (Phi) is 3.86. The van der Waals surface area contributed by atoms with Gasteiger partial charge in [0.2, 0.25) is 0 Å². The molecule has 0 aromatic heterocycles.